The van der Waals surface area contributed by atoms with E-state index in [2.05, 4.69) is 26.1 Å². The molecule has 13 heavy (non-hydrogen) atoms. The normalized spacial score (nSPS) is 17.8. The van der Waals surface area contributed by atoms with Crippen molar-refractivity contribution in [2.24, 2.45) is 11.3 Å². The Labute approximate surface area is 82.0 Å². The van der Waals surface area contributed by atoms with Crippen molar-refractivity contribution in [1.29, 1.82) is 0 Å². The molecule has 0 aromatic carbocycles. The number of nitrogens with one attached hydrogen (secondary N) is 1. The SMILES string of the molecule is CCNCC(C)(C)COCC1CC1. The topological polar surface area (TPSA) is 21.3 Å². The molecule has 0 aliphatic heterocycles. The van der Waals surface area contributed by atoms with E-state index in [1.165, 1.54) is 12.8 Å². The summed E-state index contributed by atoms with van der Waals surface area (Å²) in [6.45, 7) is 10.6. The summed E-state index contributed by atoms with van der Waals surface area (Å²) in [4.78, 5) is 0. The van der Waals surface area contributed by atoms with Gasteiger partial charge in [-0.3, -0.25) is 0 Å². The lowest BCUT2D eigenvalue weighted by atomic mass is 9.95. The molecule has 0 saturated heterocycles. The third-order valence-corrected chi connectivity index (χ3v) is 2.40. The van der Waals surface area contributed by atoms with Crippen LogP contribution >= 0.6 is 0 Å². The Bertz CT molecular complexity index is 141. The fraction of sp³-hybridized carbons (Fsp3) is 1.00. The van der Waals surface area contributed by atoms with Gasteiger partial charge in [-0.05, 0) is 25.3 Å². The van der Waals surface area contributed by atoms with E-state index in [4.69, 9.17) is 4.74 Å². The van der Waals surface area contributed by atoms with Gasteiger partial charge in [-0.2, -0.15) is 0 Å². The Morgan fingerprint density at radius 3 is 2.62 bits per heavy atom. The minimum atomic E-state index is 0.283. The summed E-state index contributed by atoms with van der Waals surface area (Å²) in [7, 11) is 0. The maximum atomic E-state index is 5.68. The number of hydrogen-bond donors (Lipinski definition) is 1. The average molecular weight is 185 g/mol. The highest BCUT2D eigenvalue weighted by molar-refractivity contribution is 4.74. The molecule has 0 atom stereocenters. The number of rotatable bonds is 7. The van der Waals surface area contributed by atoms with Crippen molar-refractivity contribution in [3.8, 4) is 0 Å². The third kappa shape index (κ3) is 5.27. The fourth-order valence-electron chi connectivity index (χ4n) is 1.30. The van der Waals surface area contributed by atoms with Crippen molar-refractivity contribution in [2.45, 2.75) is 33.6 Å². The van der Waals surface area contributed by atoms with E-state index >= 15 is 0 Å². The van der Waals surface area contributed by atoms with E-state index < -0.39 is 0 Å². The van der Waals surface area contributed by atoms with Crippen LogP contribution in [0, 0.1) is 11.3 Å². The molecule has 1 saturated carbocycles. The van der Waals surface area contributed by atoms with Crippen molar-refractivity contribution in [1.82, 2.24) is 5.32 Å². The van der Waals surface area contributed by atoms with Gasteiger partial charge in [0.15, 0.2) is 0 Å². The second-order valence-electron chi connectivity index (χ2n) is 4.90. The number of ether oxygens (including phenoxy) is 1. The average Bonchev–Trinajstić information content (AvgIpc) is 2.84. The van der Waals surface area contributed by atoms with Crippen molar-refractivity contribution in [3.63, 3.8) is 0 Å². The Kier molecular flexibility index (Phi) is 4.20. The summed E-state index contributed by atoms with van der Waals surface area (Å²) in [5, 5.41) is 3.36. The second kappa shape index (κ2) is 4.97. The largest absolute Gasteiger partial charge is 0.381 e. The zero-order chi connectivity index (χ0) is 9.73. The summed E-state index contributed by atoms with van der Waals surface area (Å²) in [6.07, 6.45) is 2.77. The van der Waals surface area contributed by atoms with Crippen LogP contribution in [0.3, 0.4) is 0 Å². The van der Waals surface area contributed by atoms with Crippen molar-refractivity contribution in [2.75, 3.05) is 26.3 Å². The first-order valence-corrected chi connectivity index (χ1v) is 5.42. The summed E-state index contributed by atoms with van der Waals surface area (Å²) >= 11 is 0. The number of hydrogen-bond acceptors (Lipinski definition) is 2. The van der Waals surface area contributed by atoms with Crippen LogP contribution < -0.4 is 5.32 Å². The smallest absolute Gasteiger partial charge is 0.0529 e. The standard InChI is InChI=1S/C11H23NO/c1-4-12-8-11(2,3)9-13-7-10-5-6-10/h10,12H,4-9H2,1-3H3. The van der Waals surface area contributed by atoms with E-state index in [-0.39, 0.29) is 5.41 Å². The zero-order valence-corrected chi connectivity index (χ0v) is 9.23. The van der Waals surface area contributed by atoms with Gasteiger partial charge >= 0.3 is 0 Å². The van der Waals surface area contributed by atoms with Gasteiger partial charge in [0.1, 0.15) is 0 Å². The lowest BCUT2D eigenvalue weighted by Crippen LogP contribution is -2.33. The molecule has 1 fully saturated rings. The van der Waals surface area contributed by atoms with Crippen LogP contribution in [-0.2, 0) is 4.74 Å². The maximum Gasteiger partial charge on any atom is 0.0529 e. The van der Waals surface area contributed by atoms with Crippen LogP contribution in [0.5, 0.6) is 0 Å². The van der Waals surface area contributed by atoms with Crippen LogP contribution in [0.1, 0.15) is 33.6 Å². The highest BCUT2D eigenvalue weighted by Gasteiger charge is 2.23. The highest BCUT2D eigenvalue weighted by Crippen LogP contribution is 2.29. The van der Waals surface area contributed by atoms with Crippen LogP contribution in [0.15, 0.2) is 0 Å². The molecule has 1 aliphatic carbocycles. The van der Waals surface area contributed by atoms with E-state index in [0.717, 1.165) is 32.2 Å². The summed E-state index contributed by atoms with van der Waals surface area (Å²) < 4.78 is 5.68. The zero-order valence-electron chi connectivity index (χ0n) is 9.23. The van der Waals surface area contributed by atoms with Crippen LogP contribution in [0.4, 0.5) is 0 Å². The molecule has 0 radical (unpaired) electrons. The Hall–Kier alpha value is -0.0800. The van der Waals surface area contributed by atoms with E-state index in [1.54, 1.807) is 0 Å². The van der Waals surface area contributed by atoms with Gasteiger partial charge in [-0.1, -0.05) is 20.8 Å². The molecule has 78 valence electrons. The fourth-order valence-corrected chi connectivity index (χ4v) is 1.30. The molecule has 0 aromatic heterocycles. The van der Waals surface area contributed by atoms with Gasteiger partial charge in [-0.25, -0.2) is 0 Å². The molecule has 0 spiro atoms. The molecule has 0 bridgehead atoms. The molecular weight excluding hydrogens is 162 g/mol. The lowest BCUT2D eigenvalue weighted by molar-refractivity contribution is 0.0560. The Balaban J connectivity index is 2.01. The predicted molar refractivity (Wildman–Crippen MR) is 55.9 cm³/mol. The van der Waals surface area contributed by atoms with Crippen molar-refractivity contribution >= 4 is 0 Å². The van der Waals surface area contributed by atoms with Gasteiger partial charge in [-0.15, -0.1) is 0 Å². The van der Waals surface area contributed by atoms with Gasteiger partial charge in [0, 0.05) is 18.6 Å². The summed E-state index contributed by atoms with van der Waals surface area (Å²) in [6, 6.07) is 0. The monoisotopic (exact) mass is 185 g/mol. The summed E-state index contributed by atoms with van der Waals surface area (Å²) in [5.41, 5.74) is 0.283. The van der Waals surface area contributed by atoms with Crippen LogP contribution in [0.25, 0.3) is 0 Å². The van der Waals surface area contributed by atoms with E-state index in [0.29, 0.717) is 0 Å². The Morgan fingerprint density at radius 2 is 2.08 bits per heavy atom. The first-order valence-electron chi connectivity index (χ1n) is 5.42. The van der Waals surface area contributed by atoms with Gasteiger partial charge in [0.2, 0.25) is 0 Å². The highest BCUT2D eigenvalue weighted by atomic mass is 16.5. The molecular formula is C11H23NO. The molecule has 0 aromatic rings. The molecule has 1 N–H and O–H groups in total. The van der Waals surface area contributed by atoms with Crippen LogP contribution in [0.2, 0.25) is 0 Å². The van der Waals surface area contributed by atoms with E-state index in [9.17, 15) is 0 Å². The maximum absolute atomic E-state index is 5.68. The first kappa shape index (κ1) is 11.0. The molecule has 2 heteroatoms. The first-order chi connectivity index (χ1) is 6.14. The molecule has 0 heterocycles. The molecule has 0 unspecified atom stereocenters. The molecule has 1 aliphatic rings. The molecule has 2 nitrogen and oxygen atoms in total. The van der Waals surface area contributed by atoms with Gasteiger partial charge in [0.05, 0.1) is 6.61 Å². The van der Waals surface area contributed by atoms with Crippen molar-refractivity contribution in [3.05, 3.63) is 0 Å². The van der Waals surface area contributed by atoms with Crippen molar-refractivity contribution < 1.29 is 4.74 Å². The lowest BCUT2D eigenvalue weighted by Gasteiger charge is -2.24. The van der Waals surface area contributed by atoms with Gasteiger partial charge in [0.25, 0.3) is 0 Å². The van der Waals surface area contributed by atoms with Crippen LogP contribution in [-0.4, -0.2) is 26.3 Å². The molecule has 1 rings (SSSR count). The minimum absolute atomic E-state index is 0.283. The third-order valence-electron chi connectivity index (χ3n) is 2.40. The quantitative estimate of drug-likeness (QED) is 0.655. The predicted octanol–water partition coefficient (Wildman–Crippen LogP) is 2.05. The molecule has 0 amide bonds. The van der Waals surface area contributed by atoms with E-state index in [1.807, 2.05) is 0 Å². The Morgan fingerprint density at radius 1 is 1.38 bits per heavy atom. The minimum Gasteiger partial charge on any atom is -0.381 e. The summed E-state index contributed by atoms with van der Waals surface area (Å²) in [5.74, 6) is 0.884. The second-order valence-corrected chi connectivity index (χ2v) is 4.90. The van der Waals surface area contributed by atoms with Gasteiger partial charge < -0.3 is 10.1 Å².